The van der Waals surface area contributed by atoms with Crippen LogP contribution in [-0.2, 0) is 5.41 Å². The van der Waals surface area contributed by atoms with Crippen LogP contribution in [0.1, 0.15) is 35.2 Å². The quantitative estimate of drug-likeness (QED) is 0.837. The highest BCUT2D eigenvalue weighted by molar-refractivity contribution is 5.94. The Hall–Kier alpha value is -2.37. The van der Waals surface area contributed by atoms with Crippen molar-refractivity contribution in [1.82, 2.24) is 10.2 Å². The van der Waals surface area contributed by atoms with E-state index in [2.05, 4.69) is 29.4 Å². The van der Waals surface area contributed by atoms with Crippen LogP contribution in [0.5, 0.6) is 5.75 Å². The summed E-state index contributed by atoms with van der Waals surface area (Å²) in [5.74, 6) is 0.896. The first-order valence-corrected chi connectivity index (χ1v) is 10.4. The summed E-state index contributed by atoms with van der Waals surface area (Å²) in [5.41, 5.74) is 1.68. The molecule has 0 bridgehead atoms. The fourth-order valence-electron chi connectivity index (χ4n) is 5.28. The second-order valence-corrected chi connectivity index (χ2v) is 8.55. The Labute approximate surface area is 172 Å². The Morgan fingerprint density at radius 1 is 1.21 bits per heavy atom. The number of carbonyl (C=O) groups excluding carboxylic acids is 1. The number of nitrogens with one attached hydrogen (secondary N) is 1. The Morgan fingerprint density at radius 2 is 2.00 bits per heavy atom. The van der Waals surface area contributed by atoms with Gasteiger partial charge in [-0.3, -0.25) is 4.79 Å². The van der Waals surface area contributed by atoms with E-state index >= 15 is 0 Å². The third kappa shape index (κ3) is 3.89. The van der Waals surface area contributed by atoms with Crippen molar-refractivity contribution in [2.75, 3.05) is 27.2 Å². The van der Waals surface area contributed by atoms with Crippen LogP contribution in [-0.4, -0.2) is 55.3 Å². The van der Waals surface area contributed by atoms with Crippen LogP contribution in [0.3, 0.4) is 0 Å². The highest BCUT2D eigenvalue weighted by Gasteiger charge is 2.51. The number of amides is 1. The topological polar surface area (TPSA) is 61.8 Å². The molecule has 1 aliphatic carbocycles. The number of hydrogen-bond acceptors (Lipinski definition) is 4. The van der Waals surface area contributed by atoms with Gasteiger partial charge in [-0.15, -0.1) is 0 Å². The van der Waals surface area contributed by atoms with Gasteiger partial charge >= 0.3 is 0 Å². The van der Waals surface area contributed by atoms with Gasteiger partial charge in [0, 0.05) is 29.5 Å². The highest BCUT2D eigenvalue weighted by Crippen LogP contribution is 2.49. The number of fused-ring (bicyclic) bond motifs is 1. The van der Waals surface area contributed by atoms with E-state index in [1.807, 2.05) is 42.5 Å². The molecule has 1 unspecified atom stereocenters. The zero-order valence-corrected chi connectivity index (χ0v) is 17.2. The van der Waals surface area contributed by atoms with Crippen molar-refractivity contribution in [3.05, 3.63) is 65.7 Å². The van der Waals surface area contributed by atoms with Crippen molar-refractivity contribution in [2.45, 2.75) is 36.8 Å². The molecule has 0 radical (unpaired) electrons. The molecule has 2 N–H and O–H groups in total. The molecule has 1 saturated heterocycles. The van der Waals surface area contributed by atoms with Crippen LogP contribution in [0.2, 0.25) is 0 Å². The number of likely N-dealkylation sites (tertiary alicyclic amines) is 1. The summed E-state index contributed by atoms with van der Waals surface area (Å²) in [6.07, 6.45) is 1.91. The molecule has 1 amide bonds. The molecule has 2 aromatic carbocycles. The minimum atomic E-state index is -0.459. The SMILES string of the molecule is COc1cccc([C@@]23CCN(C)C[C@H]2C(O)C[C@H](NC(=O)c2ccccc2)C3)c1. The lowest BCUT2D eigenvalue weighted by atomic mass is 9.57. The summed E-state index contributed by atoms with van der Waals surface area (Å²) >= 11 is 0. The molecule has 29 heavy (non-hydrogen) atoms. The van der Waals surface area contributed by atoms with Gasteiger partial charge in [0.2, 0.25) is 0 Å². The number of nitrogens with zero attached hydrogens (tertiary/aromatic N) is 1. The Kier molecular flexibility index (Phi) is 5.61. The van der Waals surface area contributed by atoms with Crippen molar-refractivity contribution < 1.29 is 14.6 Å². The molecule has 4 atom stereocenters. The number of hydrogen-bond donors (Lipinski definition) is 2. The van der Waals surface area contributed by atoms with Crippen molar-refractivity contribution in [2.24, 2.45) is 5.92 Å². The van der Waals surface area contributed by atoms with Gasteiger partial charge in [0.1, 0.15) is 5.75 Å². The second-order valence-electron chi connectivity index (χ2n) is 8.55. The van der Waals surface area contributed by atoms with Crippen LogP contribution in [0.4, 0.5) is 0 Å². The van der Waals surface area contributed by atoms with Crippen LogP contribution in [0.25, 0.3) is 0 Å². The van der Waals surface area contributed by atoms with Crippen LogP contribution in [0, 0.1) is 5.92 Å². The molecule has 1 saturated carbocycles. The number of aliphatic hydroxyl groups is 1. The van der Waals surface area contributed by atoms with Crippen molar-refractivity contribution in [3.63, 3.8) is 0 Å². The number of benzene rings is 2. The van der Waals surface area contributed by atoms with Crippen molar-refractivity contribution in [3.8, 4) is 5.75 Å². The molecule has 2 fully saturated rings. The first-order chi connectivity index (χ1) is 14.0. The summed E-state index contributed by atoms with van der Waals surface area (Å²) in [6, 6.07) is 17.5. The number of aliphatic hydroxyl groups excluding tert-OH is 1. The van der Waals surface area contributed by atoms with Crippen molar-refractivity contribution in [1.29, 1.82) is 0 Å². The van der Waals surface area contributed by atoms with Gasteiger partial charge in [-0.25, -0.2) is 0 Å². The largest absolute Gasteiger partial charge is 0.497 e. The van der Waals surface area contributed by atoms with E-state index in [0.717, 1.165) is 31.7 Å². The standard InChI is InChI=1S/C24H30N2O3/c1-26-12-11-24(18-9-6-10-20(13-18)29-2)15-19(14-22(27)21(24)16-26)25-23(28)17-7-4-3-5-8-17/h3-10,13,19,21-22,27H,11-12,14-16H2,1-2H3,(H,25,28)/t19-,21-,22?,24-/m0/s1. The van der Waals surface area contributed by atoms with E-state index in [4.69, 9.17) is 4.74 Å². The molecule has 1 aliphatic heterocycles. The predicted molar refractivity (Wildman–Crippen MR) is 113 cm³/mol. The molecule has 4 rings (SSSR count). The van der Waals surface area contributed by atoms with E-state index < -0.39 is 6.10 Å². The number of carbonyl (C=O) groups is 1. The van der Waals surface area contributed by atoms with Crippen LogP contribution < -0.4 is 10.1 Å². The van der Waals surface area contributed by atoms with E-state index in [9.17, 15) is 9.90 Å². The Balaban J connectivity index is 1.64. The minimum Gasteiger partial charge on any atom is -0.497 e. The molecule has 1 heterocycles. The molecular weight excluding hydrogens is 364 g/mol. The summed E-state index contributed by atoms with van der Waals surface area (Å²) in [4.78, 5) is 15.1. The molecule has 5 nitrogen and oxygen atoms in total. The molecule has 0 spiro atoms. The first kappa shape index (κ1) is 19.9. The van der Waals surface area contributed by atoms with Crippen molar-refractivity contribution >= 4 is 5.91 Å². The van der Waals surface area contributed by atoms with Crippen LogP contribution >= 0.6 is 0 Å². The van der Waals surface area contributed by atoms with E-state index in [1.54, 1.807) is 7.11 Å². The molecule has 5 heteroatoms. The number of ether oxygens (including phenoxy) is 1. The molecule has 154 valence electrons. The van der Waals surface area contributed by atoms with E-state index in [0.29, 0.717) is 12.0 Å². The number of piperidine rings is 1. The summed E-state index contributed by atoms with van der Waals surface area (Å²) in [6.45, 7) is 1.83. The zero-order chi connectivity index (χ0) is 20.4. The second kappa shape index (κ2) is 8.17. The lowest BCUT2D eigenvalue weighted by molar-refractivity contribution is -0.0420. The van der Waals surface area contributed by atoms with Gasteiger partial charge in [-0.05, 0) is 62.7 Å². The van der Waals surface area contributed by atoms with Gasteiger partial charge < -0.3 is 20.1 Å². The van der Waals surface area contributed by atoms with Gasteiger partial charge in [-0.2, -0.15) is 0 Å². The Bertz CT molecular complexity index is 856. The van der Waals surface area contributed by atoms with Gasteiger partial charge in [0.25, 0.3) is 5.91 Å². The molecule has 2 aromatic rings. The predicted octanol–water partition coefficient (Wildman–Crippen LogP) is 2.84. The van der Waals surface area contributed by atoms with Crippen LogP contribution in [0.15, 0.2) is 54.6 Å². The number of methoxy groups -OCH3 is 1. The average Bonchev–Trinajstić information content (AvgIpc) is 2.75. The zero-order valence-electron chi connectivity index (χ0n) is 17.2. The Morgan fingerprint density at radius 3 is 2.76 bits per heavy atom. The molecule has 0 aromatic heterocycles. The fraction of sp³-hybridized carbons (Fsp3) is 0.458. The maximum atomic E-state index is 12.8. The maximum absolute atomic E-state index is 12.8. The van der Waals surface area contributed by atoms with E-state index in [-0.39, 0.29) is 23.3 Å². The maximum Gasteiger partial charge on any atom is 0.251 e. The summed E-state index contributed by atoms with van der Waals surface area (Å²) < 4.78 is 5.48. The average molecular weight is 395 g/mol. The monoisotopic (exact) mass is 394 g/mol. The molecular formula is C24H30N2O3. The number of rotatable bonds is 4. The van der Waals surface area contributed by atoms with E-state index in [1.165, 1.54) is 5.56 Å². The fourth-order valence-corrected chi connectivity index (χ4v) is 5.28. The summed E-state index contributed by atoms with van der Waals surface area (Å²) in [5, 5.41) is 14.3. The minimum absolute atomic E-state index is 0.0661. The highest BCUT2D eigenvalue weighted by atomic mass is 16.5. The first-order valence-electron chi connectivity index (χ1n) is 10.4. The smallest absolute Gasteiger partial charge is 0.251 e. The van der Waals surface area contributed by atoms with Gasteiger partial charge in [-0.1, -0.05) is 30.3 Å². The third-order valence-corrected chi connectivity index (χ3v) is 6.77. The lowest BCUT2D eigenvalue weighted by Gasteiger charge is -2.54. The van der Waals surface area contributed by atoms with Gasteiger partial charge in [0.05, 0.1) is 13.2 Å². The lowest BCUT2D eigenvalue weighted by Crippen LogP contribution is -2.60. The third-order valence-electron chi connectivity index (χ3n) is 6.77. The normalized spacial score (nSPS) is 29.7. The van der Waals surface area contributed by atoms with Gasteiger partial charge in [0.15, 0.2) is 0 Å². The molecule has 2 aliphatic rings. The summed E-state index contributed by atoms with van der Waals surface area (Å²) in [7, 11) is 3.80.